The van der Waals surface area contributed by atoms with Crippen molar-refractivity contribution in [3.8, 4) is 11.1 Å². The lowest BCUT2D eigenvalue weighted by Gasteiger charge is -2.11. The van der Waals surface area contributed by atoms with Crippen LogP contribution in [-0.2, 0) is 6.54 Å². The molecule has 2 aromatic carbocycles. The Balaban J connectivity index is 2.29. The van der Waals surface area contributed by atoms with E-state index >= 15 is 0 Å². The number of hydrogen-bond donors (Lipinski definition) is 1. The standard InChI is InChI=1S/C18H22FN/c1-12(2)20-11-15-5-6-17(18(19)10-15)16-8-13(3)7-14(4)9-16/h5-10,12,20H,11H2,1-4H3. The van der Waals surface area contributed by atoms with Gasteiger partial charge in [-0.05, 0) is 31.0 Å². The maximum absolute atomic E-state index is 14.3. The van der Waals surface area contributed by atoms with Crippen molar-refractivity contribution in [3.63, 3.8) is 0 Å². The number of hydrogen-bond acceptors (Lipinski definition) is 1. The van der Waals surface area contributed by atoms with E-state index in [1.54, 1.807) is 6.07 Å². The second kappa shape index (κ2) is 6.19. The smallest absolute Gasteiger partial charge is 0.131 e. The lowest BCUT2D eigenvalue weighted by Crippen LogP contribution is -2.21. The van der Waals surface area contributed by atoms with Crippen LogP contribution in [0.15, 0.2) is 36.4 Å². The summed E-state index contributed by atoms with van der Waals surface area (Å²) in [7, 11) is 0. The number of rotatable bonds is 4. The fourth-order valence-electron chi connectivity index (χ4n) is 2.35. The Labute approximate surface area is 120 Å². The van der Waals surface area contributed by atoms with Crippen LogP contribution in [0.5, 0.6) is 0 Å². The van der Waals surface area contributed by atoms with Crippen LogP contribution in [0.4, 0.5) is 4.39 Å². The average molecular weight is 271 g/mol. The van der Waals surface area contributed by atoms with Crippen LogP contribution in [0.25, 0.3) is 11.1 Å². The third kappa shape index (κ3) is 3.67. The highest BCUT2D eigenvalue weighted by Gasteiger charge is 2.07. The second-order valence-electron chi connectivity index (χ2n) is 5.73. The molecule has 0 radical (unpaired) electrons. The van der Waals surface area contributed by atoms with Crippen LogP contribution in [0, 0.1) is 19.7 Å². The zero-order valence-corrected chi connectivity index (χ0v) is 12.6. The minimum absolute atomic E-state index is 0.155. The molecule has 0 atom stereocenters. The SMILES string of the molecule is Cc1cc(C)cc(-c2ccc(CNC(C)C)cc2F)c1. The van der Waals surface area contributed by atoms with E-state index in [-0.39, 0.29) is 5.82 Å². The molecular weight excluding hydrogens is 249 g/mol. The molecule has 0 aliphatic heterocycles. The van der Waals surface area contributed by atoms with Crippen LogP contribution < -0.4 is 5.32 Å². The summed E-state index contributed by atoms with van der Waals surface area (Å²) in [5.74, 6) is -0.155. The summed E-state index contributed by atoms with van der Waals surface area (Å²) >= 11 is 0. The van der Waals surface area contributed by atoms with E-state index in [9.17, 15) is 4.39 Å². The van der Waals surface area contributed by atoms with Gasteiger partial charge in [-0.3, -0.25) is 0 Å². The molecule has 0 aliphatic rings. The highest BCUT2D eigenvalue weighted by molar-refractivity contribution is 5.66. The Morgan fingerprint density at radius 3 is 2.20 bits per heavy atom. The van der Waals surface area contributed by atoms with Crippen molar-refractivity contribution in [3.05, 3.63) is 58.9 Å². The minimum atomic E-state index is -0.155. The highest BCUT2D eigenvalue weighted by Crippen LogP contribution is 2.25. The molecule has 0 spiro atoms. The van der Waals surface area contributed by atoms with Crippen molar-refractivity contribution in [1.29, 1.82) is 0 Å². The van der Waals surface area contributed by atoms with E-state index in [0.29, 0.717) is 18.2 Å². The highest BCUT2D eigenvalue weighted by atomic mass is 19.1. The van der Waals surface area contributed by atoms with Crippen LogP contribution in [0.3, 0.4) is 0 Å². The molecule has 1 N–H and O–H groups in total. The van der Waals surface area contributed by atoms with Gasteiger partial charge in [-0.25, -0.2) is 4.39 Å². The fraction of sp³-hybridized carbons (Fsp3) is 0.333. The molecule has 0 unspecified atom stereocenters. The first kappa shape index (κ1) is 14.7. The van der Waals surface area contributed by atoms with Crippen LogP contribution in [0.2, 0.25) is 0 Å². The molecule has 2 aromatic rings. The molecule has 20 heavy (non-hydrogen) atoms. The molecule has 1 nitrogen and oxygen atoms in total. The topological polar surface area (TPSA) is 12.0 Å². The molecule has 0 saturated heterocycles. The van der Waals surface area contributed by atoms with Gasteiger partial charge in [-0.1, -0.05) is 55.3 Å². The van der Waals surface area contributed by atoms with Gasteiger partial charge in [0.15, 0.2) is 0 Å². The van der Waals surface area contributed by atoms with Gasteiger partial charge < -0.3 is 5.32 Å². The van der Waals surface area contributed by atoms with Gasteiger partial charge in [-0.2, -0.15) is 0 Å². The summed E-state index contributed by atoms with van der Waals surface area (Å²) in [6, 6.07) is 12.0. The van der Waals surface area contributed by atoms with Gasteiger partial charge in [0, 0.05) is 18.2 Å². The summed E-state index contributed by atoms with van der Waals surface area (Å²) in [5.41, 5.74) is 4.91. The Morgan fingerprint density at radius 1 is 1.00 bits per heavy atom. The summed E-state index contributed by atoms with van der Waals surface area (Å²) < 4.78 is 14.3. The Morgan fingerprint density at radius 2 is 1.65 bits per heavy atom. The molecule has 0 heterocycles. The van der Waals surface area contributed by atoms with E-state index < -0.39 is 0 Å². The third-order valence-electron chi connectivity index (χ3n) is 3.28. The first-order valence-corrected chi connectivity index (χ1v) is 7.06. The van der Waals surface area contributed by atoms with E-state index in [0.717, 1.165) is 22.3 Å². The number of nitrogens with one attached hydrogen (secondary N) is 1. The zero-order chi connectivity index (χ0) is 14.7. The first-order chi connectivity index (χ1) is 9.45. The molecular formula is C18H22FN. The van der Waals surface area contributed by atoms with Gasteiger partial charge in [0.25, 0.3) is 0 Å². The largest absolute Gasteiger partial charge is 0.310 e. The summed E-state index contributed by atoms with van der Waals surface area (Å²) in [6.45, 7) is 8.94. The number of aryl methyl sites for hydroxylation is 2. The monoisotopic (exact) mass is 271 g/mol. The summed E-state index contributed by atoms with van der Waals surface area (Å²) in [4.78, 5) is 0. The van der Waals surface area contributed by atoms with Crippen molar-refractivity contribution in [2.24, 2.45) is 0 Å². The van der Waals surface area contributed by atoms with Crippen molar-refractivity contribution in [1.82, 2.24) is 5.32 Å². The van der Waals surface area contributed by atoms with E-state index in [4.69, 9.17) is 0 Å². The third-order valence-corrected chi connectivity index (χ3v) is 3.28. The Hall–Kier alpha value is -1.67. The van der Waals surface area contributed by atoms with E-state index in [1.165, 1.54) is 0 Å². The fourth-order valence-corrected chi connectivity index (χ4v) is 2.35. The molecule has 0 aromatic heterocycles. The van der Waals surface area contributed by atoms with E-state index in [2.05, 4.69) is 25.2 Å². The second-order valence-corrected chi connectivity index (χ2v) is 5.73. The Bertz CT molecular complexity index is 582. The molecule has 106 valence electrons. The van der Waals surface area contributed by atoms with Gasteiger partial charge in [-0.15, -0.1) is 0 Å². The molecule has 0 amide bonds. The van der Waals surface area contributed by atoms with Crippen LogP contribution >= 0.6 is 0 Å². The maximum atomic E-state index is 14.3. The van der Waals surface area contributed by atoms with E-state index in [1.807, 2.05) is 38.1 Å². The maximum Gasteiger partial charge on any atom is 0.131 e. The number of halogens is 1. The summed E-state index contributed by atoms with van der Waals surface area (Å²) in [5, 5.41) is 3.30. The van der Waals surface area contributed by atoms with Gasteiger partial charge >= 0.3 is 0 Å². The van der Waals surface area contributed by atoms with Gasteiger partial charge in [0.1, 0.15) is 5.82 Å². The average Bonchev–Trinajstić information content (AvgIpc) is 2.35. The van der Waals surface area contributed by atoms with Gasteiger partial charge in [0.05, 0.1) is 0 Å². The molecule has 0 aliphatic carbocycles. The minimum Gasteiger partial charge on any atom is -0.310 e. The molecule has 0 fully saturated rings. The molecule has 2 rings (SSSR count). The lowest BCUT2D eigenvalue weighted by molar-refractivity contribution is 0.582. The predicted molar refractivity (Wildman–Crippen MR) is 83.3 cm³/mol. The van der Waals surface area contributed by atoms with Crippen LogP contribution in [0.1, 0.15) is 30.5 Å². The Kier molecular flexibility index (Phi) is 4.56. The van der Waals surface area contributed by atoms with Crippen molar-refractivity contribution in [2.45, 2.75) is 40.3 Å². The normalized spacial score (nSPS) is 11.1. The molecule has 0 saturated carbocycles. The number of benzene rings is 2. The summed E-state index contributed by atoms with van der Waals surface area (Å²) in [6.07, 6.45) is 0. The molecule has 0 bridgehead atoms. The zero-order valence-electron chi connectivity index (χ0n) is 12.6. The lowest BCUT2D eigenvalue weighted by atomic mass is 9.99. The van der Waals surface area contributed by atoms with Crippen molar-refractivity contribution in [2.75, 3.05) is 0 Å². The van der Waals surface area contributed by atoms with Crippen molar-refractivity contribution < 1.29 is 4.39 Å². The molecule has 2 heteroatoms. The predicted octanol–water partition coefficient (Wildman–Crippen LogP) is 4.61. The first-order valence-electron chi connectivity index (χ1n) is 7.06. The van der Waals surface area contributed by atoms with Gasteiger partial charge in [0.2, 0.25) is 0 Å². The van der Waals surface area contributed by atoms with Crippen LogP contribution in [-0.4, -0.2) is 6.04 Å². The quantitative estimate of drug-likeness (QED) is 0.856. The van der Waals surface area contributed by atoms with Crippen molar-refractivity contribution >= 4 is 0 Å².